The number of nitrogens with two attached hydrogens (primary N) is 1. The van der Waals surface area contributed by atoms with Crippen molar-refractivity contribution in [2.75, 3.05) is 40.0 Å². The zero-order chi connectivity index (χ0) is 13.1. The van der Waals surface area contributed by atoms with Crippen molar-refractivity contribution in [1.82, 2.24) is 4.90 Å². The Morgan fingerprint density at radius 2 is 2.06 bits per heavy atom. The smallest absolute Gasteiger partial charge is 0.248 e. The molecule has 0 heterocycles. The number of amides is 1. The number of hydrogen-bond acceptors (Lipinski definition) is 4. The molecule has 100 valence electrons. The van der Waals surface area contributed by atoms with Crippen LogP contribution >= 0.6 is 12.2 Å². The van der Waals surface area contributed by atoms with Gasteiger partial charge in [0.1, 0.15) is 6.61 Å². The summed E-state index contributed by atoms with van der Waals surface area (Å²) in [7, 11) is 1.60. The van der Waals surface area contributed by atoms with E-state index >= 15 is 0 Å². The molecule has 0 unspecified atom stereocenters. The minimum Gasteiger partial charge on any atom is -0.393 e. The van der Waals surface area contributed by atoms with Gasteiger partial charge in [0, 0.05) is 33.2 Å². The van der Waals surface area contributed by atoms with Crippen LogP contribution in [0.25, 0.3) is 0 Å². The van der Waals surface area contributed by atoms with Gasteiger partial charge in [0.15, 0.2) is 0 Å². The van der Waals surface area contributed by atoms with Gasteiger partial charge in [-0.2, -0.15) is 0 Å². The third kappa shape index (κ3) is 9.02. The van der Waals surface area contributed by atoms with E-state index in [2.05, 4.69) is 0 Å². The fourth-order valence-corrected chi connectivity index (χ4v) is 1.29. The molecule has 6 heteroatoms. The quantitative estimate of drug-likeness (QED) is 0.460. The minimum absolute atomic E-state index is 0.0493. The van der Waals surface area contributed by atoms with Crippen LogP contribution < -0.4 is 5.73 Å². The highest BCUT2D eigenvalue weighted by atomic mass is 32.1. The number of carbonyl (C=O) groups is 1. The van der Waals surface area contributed by atoms with Crippen molar-refractivity contribution >= 4 is 23.1 Å². The van der Waals surface area contributed by atoms with E-state index in [1.807, 2.05) is 6.92 Å². The average molecular weight is 262 g/mol. The first-order valence-corrected chi connectivity index (χ1v) is 6.15. The first-order valence-electron chi connectivity index (χ1n) is 5.74. The fourth-order valence-electron chi connectivity index (χ4n) is 1.20. The molecule has 0 aromatic carbocycles. The number of nitrogens with zero attached hydrogens (tertiary/aromatic N) is 1. The van der Waals surface area contributed by atoms with Crippen molar-refractivity contribution < 1.29 is 14.3 Å². The zero-order valence-corrected chi connectivity index (χ0v) is 11.4. The summed E-state index contributed by atoms with van der Waals surface area (Å²) in [5, 5.41) is 0. The summed E-state index contributed by atoms with van der Waals surface area (Å²) in [6, 6.07) is 0. The van der Waals surface area contributed by atoms with Gasteiger partial charge in [0.2, 0.25) is 5.91 Å². The second-order valence-corrected chi connectivity index (χ2v) is 4.17. The summed E-state index contributed by atoms with van der Waals surface area (Å²) in [5.74, 6) is -0.0493. The van der Waals surface area contributed by atoms with Crippen LogP contribution in [0.15, 0.2) is 0 Å². The molecule has 0 aliphatic carbocycles. The SMILES string of the molecule is CCCOCC(=O)N(CCOC)CCC(N)=S. The van der Waals surface area contributed by atoms with Crippen LogP contribution in [0.4, 0.5) is 0 Å². The van der Waals surface area contributed by atoms with Crippen LogP contribution in [0, 0.1) is 0 Å². The van der Waals surface area contributed by atoms with E-state index in [1.54, 1.807) is 12.0 Å². The molecule has 0 fully saturated rings. The van der Waals surface area contributed by atoms with Crippen molar-refractivity contribution in [1.29, 1.82) is 0 Å². The molecule has 1 amide bonds. The number of ether oxygens (including phenoxy) is 2. The summed E-state index contributed by atoms with van der Waals surface area (Å²) in [4.78, 5) is 13.9. The topological polar surface area (TPSA) is 64.8 Å². The summed E-state index contributed by atoms with van der Waals surface area (Å²) >= 11 is 4.80. The molecule has 0 bridgehead atoms. The second kappa shape index (κ2) is 10.4. The zero-order valence-electron chi connectivity index (χ0n) is 10.6. The first kappa shape index (κ1) is 16.3. The summed E-state index contributed by atoms with van der Waals surface area (Å²) in [5.41, 5.74) is 5.42. The van der Waals surface area contributed by atoms with Crippen molar-refractivity contribution in [2.24, 2.45) is 5.73 Å². The number of rotatable bonds is 10. The Kier molecular flexibility index (Phi) is 9.99. The largest absolute Gasteiger partial charge is 0.393 e. The van der Waals surface area contributed by atoms with Gasteiger partial charge in [0.25, 0.3) is 0 Å². The van der Waals surface area contributed by atoms with Gasteiger partial charge in [-0.25, -0.2) is 0 Å². The molecule has 0 aliphatic heterocycles. The third-order valence-corrected chi connectivity index (χ3v) is 2.32. The molecule has 5 nitrogen and oxygen atoms in total. The lowest BCUT2D eigenvalue weighted by Gasteiger charge is -2.22. The molecule has 0 atom stereocenters. The minimum atomic E-state index is -0.0493. The molecule has 2 N–H and O–H groups in total. The second-order valence-electron chi connectivity index (χ2n) is 3.64. The average Bonchev–Trinajstić information content (AvgIpc) is 2.29. The van der Waals surface area contributed by atoms with Crippen LogP contribution in [0.3, 0.4) is 0 Å². The van der Waals surface area contributed by atoms with E-state index in [1.165, 1.54) is 0 Å². The molecule has 0 saturated carbocycles. The lowest BCUT2D eigenvalue weighted by Crippen LogP contribution is -2.38. The summed E-state index contributed by atoms with van der Waals surface area (Å²) in [6.45, 7) is 4.26. The highest BCUT2D eigenvalue weighted by Gasteiger charge is 2.13. The molecule has 0 aromatic heterocycles. The van der Waals surface area contributed by atoms with Gasteiger partial charge in [-0.15, -0.1) is 0 Å². The fraction of sp³-hybridized carbons (Fsp3) is 0.818. The van der Waals surface area contributed by atoms with Crippen LogP contribution in [0.5, 0.6) is 0 Å². The van der Waals surface area contributed by atoms with E-state index in [9.17, 15) is 4.79 Å². The highest BCUT2D eigenvalue weighted by molar-refractivity contribution is 7.80. The van der Waals surface area contributed by atoms with Gasteiger partial charge in [-0.1, -0.05) is 19.1 Å². The van der Waals surface area contributed by atoms with Gasteiger partial charge < -0.3 is 20.1 Å². The van der Waals surface area contributed by atoms with Gasteiger partial charge in [-0.05, 0) is 6.42 Å². The number of carbonyl (C=O) groups excluding carboxylic acids is 1. The highest BCUT2D eigenvalue weighted by Crippen LogP contribution is 1.95. The van der Waals surface area contributed by atoms with Crippen molar-refractivity contribution in [3.8, 4) is 0 Å². The molecule has 0 radical (unpaired) electrons. The molecule has 0 aromatic rings. The van der Waals surface area contributed by atoms with E-state index in [4.69, 9.17) is 27.4 Å². The molecule has 0 aliphatic rings. The third-order valence-electron chi connectivity index (χ3n) is 2.12. The standard InChI is InChI=1S/C11H22N2O3S/c1-3-7-16-9-11(14)13(6-8-15-2)5-4-10(12)17/h3-9H2,1-2H3,(H2,12,17). The monoisotopic (exact) mass is 262 g/mol. The Morgan fingerprint density at radius 3 is 2.59 bits per heavy atom. The van der Waals surface area contributed by atoms with E-state index < -0.39 is 0 Å². The van der Waals surface area contributed by atoms with E-state index in [0.29, 0.717) is 37.7 Å². The maximum Gasteiger partial charge on any atom is 0.248 e. The van der Waals surface area contributed by atoms with Crippen LogP contribution in [-0.4, -0.2) is 55.8 Å². The van der Waals surface area contributed by atoms with Gasteiger partial charge in [-0.3, -0.25) is 4.79 Å². The molecule has 0 spiro atoms. The first-order chi connectivity index (χ1) is 8.11. The van der Waals surface area contributed by atoms with E-state index in [0.717, 1.165) is 6.42 Å². The lowest BCUT2D eigenvalue weighted by atomic mass is 10.3. The Balaban J connectivity index is 4.04. The van der Waals surface area contributed by atoms with Gasteiger partial charge in [0.05, 0.1) is 11.6 Å². The normalized spacial score (nSPS) is 10.2. The van der Waals surface area contributed by atoms with Crippen LogP contribution in [0.1, 0.15) is 19.8 Å². The predicted molar refractivity (Wildman–Crippen MR) is 71.0 cm³/mol. The number of thiocarbonyl (C=S) groups is 1. The van der Waals surface area contributed by atoms with Gasteiger partial charge >= 0.3 is 0 Å². The lowest BCUT2D eigenvalue weighted by molar-refractivity contribution is -0.136. The maximum absolute atomic E-state index is 11.8. The maximum atomic E-state index is 11.8. The molecule has 0 rings (SSSR count). The van der Waals surface area contributed by atoms with Crippen molar-refractivity contribution in [2.45, 2.75) is 19.8 Å². The number of methoxy groups -OCH3 is 1. The molecular formula is C11H22N2O3S. The van der Waals surface area contributed by atoms with Crippen molar-refractivity contribution in [3.63, 3.8) is 0 Å². The Morgan fingerprint density at radius 1 is 1.35 bits per heavy atom. The molecule has 0 saturated heterocycles. The van der Waals surface area contributed by atoms with Crippen LogP contribution in [0.2, 0.25) is 0 Å². The summed E-state index contributed by atoms with van der Waals surface area (Å²) < 4.78 is 10.2. The Labute approximate surface area is 108 Å². The molecule has 17 heavy (non-hydrogen) atoms. The van der Waals surface area contributed by atoms with Crippen LogP contribution in [-0.2, 0) is 14.3 Å². The number of hydrogen-bond donors (Lipinski definition) is 1. The summed E-state index contributed by atoms with van der Waals surface area (Å²) in [6.07, 6.45) is 1.43. The van der Waals surface area contributed by atoms with Crippen molar-refractivity contribution in [3.05, 3.63) is 0 Å². The predicted octanol–water partition coefficient (Wildman–Crippen LogP) is 0.564. The molecular weight excluding hydrogens is 240 g/mol. The van der Waals surface area contributed by atoms with E-state index in [-0.39, 0.29) is 12.5 Å². The Bertz CT molecular complexity index is 237. The Hall–Kier alpha value is -0.720.